The summed E-state index contributed by atoms with van der Waals surface area (Å²) in [6.45, 7) is 4.65. The Hall–Kier alpha value is -7.36. The van der Waals surface area contributed by atoms with Crippen molar-refractivity contribution in [1.29, 1.82) is 0 Å². The van der Waals surface area contributed by atoms with E-state index in [0.29, 0.717) is 5.82 Å². The Morgan fingerprint density at radius 2 is 0.881 bits per heavy atom. The highest BCUT2D eigenvalue weighted by molar-refractivity contribution is 5.93. The third kappa shape index (κ3) is 4.76. The minimum absolute atomic E-state index is 0.130. The summed E-state index contributed by atoms with van der Waals surface area (Å²) in [5.41, 5.74) is 18.8. The summed E-state index contributed by atoms with van der Waals surface area (Å²) < 4.78 is 7.11. The van der Waals surface area contributed by atoms with E-state index in [0.717, 1.165) is 61.8 Å². The van der Waals surface area contributed by atoms with Gasteiger partial charge < -0.3 is 4.74 Å². The summed E-state index contributed by atoms with van der Waals surface area (Å²) in [5.74, 6) is 2.42. The molecule has 2 aliphatic carbocycles. The number of nitrogens with zero attached hydrogens (tertiary/aromatic N) is 2. The van der Waals surface area contributed by atoms with Gasteiger partial charge in [0.15, 0.2) is 5.82 Å². The number of fused-ring (bicyclic) bond motifs is 12. The molecule has 0 saturated carbocycles. The predicted octanol–water partition coefficient (Wildman–Crippen LogP) is 13.9. The van der Waals surface area contributed by atoms with Crippen molar-refractivity contribution < 1.29 is 4.74 Å². The molecule has 0 atom stereocenters. The van der Waals surface area contributed by atoms with Crippen molar-refractivity contribution in [2.24, 2.45) is 0 Å². The van der Waals surface area contributed by atoms with E-state index < -0.39 is 5.41 Å². The SMILES string of the molecule is CC1(C)c2ccccc2-c2ccc(-c3cc(-c4ccccc4-c4cccc5c4Oc4ccccc4C54c5ccccc5-c5ccccc54)nc(-c4ccccc4)n3)cc21. The third-order valence-corrected chi connectivity index (χ3v) is 13.0. The maximum atomic E-state index is 7.11. The van der Waals surface area contributed by atoms with Crippen LogP contribution in [0.3, 0.4) is 0 Å². The molecule has 0 bridgehead atoms. The second-order valence-electron chi connectivity index (χ2n) is 16.4. The van der Waals surface area contributed by atoms with E-state index in [1.54, 1.807) is 0 Å². The van der Waals surface area contributed by atoms with Gasteiger partial charge in [-0.25, -0.2) is 9.97 Å². The standard InChI is InChI=1S/C56H38N2O/c1-55(2)44-25-11-8-20-38(44)41-32-31-36(33-49(41)55)50-34-51(58-54(57-50)35-17-4-3-5-18-35)42-23-7-6-19-37(42)43-24-16-29-48-53(43)59-52-30-15-14-28-47(52)56(48)45-26-12-9-21-39(45)40-22-10-13-27-46(40)56/h3-34H,1-2H3. The number of benzene rings is 8. The number of hydrogen-bond acceptors (Lipinski definition) is 3. The summed E-state index contributed by atoms with van der Waals surface area (Å²) in [6, 6.07) is 69.7. The van der Waals surface area contributed by atoms with Crippen LogP contribution in [0.4, 0.5) is 0 Å². The summed E-state index contributed by atoms with van der Waals surface area (Å²) in [6.07, 6.45) is 0. The van der Waals surface area contributed by atoms with E-state index in [4.69, 9.17) is 14.7 Å². The van der Waals surface area contributed by atoms with Crippen molar-refractivity contribution in [3.63, 3.8) is 0 Å². The summed E-state index contributed by atoms with van der Waals surface area (Å²) in [7, 11) is 0. The van der Waals surface area contributed by atoms with Crippen LogP contribution in [-0.4, -0.2) is 9.97 Å². The average molecular weight is 755 g/mol. The average Bonchev–Trinajstić information content (AvgIpc) is 3.72. The normalized spacial score (nSPS) is 14.3. The minimum Gasteiger partial charge on any atom is -0.456 e. The summed E-state index contributed by atoms with van der Waals surface area (Å²) in [5, 5.41) is 0. The first-order valence-electron chi connectivity index (χ1n) is 20.4. The Bertz CT molecular complexity index is 3130. The van der Waals surface area contributed by atoms with Gasteiger partial charge in [-0.05, 0) is 68.3 Å². The van der Waals surface area contributed by atoms with E-state index >= 15 is 0 Å². The fraction of sp³-hybridized carbons (Fsp3) is 0.0714. The van der Waals surface area contributed by atoms with Crippen molar-refractivity contribution >= 4 is 0 Å². The van der Waals surface area contributed by atoms with Crippen LogP contribution in [-0.2, 0) is 10.8 Å². The van der Waals surface area contributed by atoms with Crippen molar-refractivity contribution in [2.45, 2.75) is 24.7 Å². The number of ether oxygens (including phenoxy) is 1. The van der Waals surface area contributed by atoms with E-state index in [9.17, 15) is 0 Å². The van der Waals surface area contributed by atoms with Gasteiger partial charge >= 0.3 is 0 Å². The highest BCUT2D eigenvalue weighted by Gasteiger charge is 2.51. The van der Waals surface area contributed by atoms with Gasteiger partial charge in [-0.2, -0.15) is 0 Å². The maximum Gasteiger partial charge on any atom is 0.160 e. The quantitative estimate of drug-likeness (QED) is 0.179. The van der Waals surface area contributed by atoms with Gasteiger partial charge in [0.25, 0.3) is 0 Å². The number of para-hydroxylation sites is 2. The van der Waals surface area contributed by atoms with Crippen LogP contribution < -0.4 is 4.74 Å². The van der Waals surface area contributed by atoms with Crippen LogP contribution in [0.2, 0.25) is 0 Å². The van der Waals surface area contributed by atoms with Crippen LogP contribution in [0.5, 0.6) is 11.5 Å². The zero-order valence-corrected chi connectivity index (χ0v) is 32.8. The van der Waals surface area contributed by atoms with Gasteiger partial charge in [0.05, 0.1) is 16.8 Å². The van der Waals surface area contributed by atoms with E-state index in [2.05, 4.69) is 202 Å². The molecule has 0 amide bonds. The maximum absolute atomic E-state index is 7.11. The first-order chi connectivity index (χ1) is 29.0. The molecule has 3 aliphatic rings. The predicted molar refractivity (Wildman–Crippen MR) is 239 cm³/mol. The molecule has 1 aliphatic heterocycles. The monoisotopic (exact) mass is 754 g/mol. The highest BCUT2D eigenvalue weighted by atomic mass is 16.5. The molecular weight excluding hydrogens is 717 g/mol. The van der Waals surface area contributed by atoms with Gasteiger partial charge in [-0.3, -0.25) is 0 Å². The molecule has 8 aromatic carbocycles. The number of rotatable bonds is 4. The molecule has 2 heterocycles. The molecule has 0 saturated heterocycles. The molecule has 0 N–H and O–H groups in total. The van der Waals surface area contributed by atoms with Crippen LogP contribution in [0.1, 0.15) is 47.2 Å². The van der Waals surface area contributed by atoms with Gasteiger partial charge in [-0.1, -0.05) is 190 Å². The molecule has 1 spiro atoms. The molecule has 0 radical (unpaired) electrons. The second kappa shape index (κ2) is 12.6. The number of aromatic nitrogens is 2. The van der Waals surface area contributed by atoms with E-state index in [1.165, 1.54) is 44.5 Å². The molecule has 0 fully saturated rings. The van der Waals surface area contributed by atoms with Crippen molar-refractivity contribution in [2.75, 3.05) is 0 Å². The fourth-order valence-electron chi connectivity index (χ4n) is 10.3. The second-order valence-corrected chi connectivity index (χ2v) is 16.4. The first-order valence-corrected chi connectivity index (χ1v) is 20.4. The molecule has 59 heavy (non-hydrogen) atoms. The molecule has 12 rings (SSSR count). The van der Waals surface area contributed by atoms with Gasteiger partial charge in [0.1, 0.15) is 11.5 Å². The topological polar surface area (TPSA) is 35.0 Å². The smallest absolute Gasteiger partial charge is 0.160 e. The van der Waals surface area contributed by atoms with E-state index in [-0.39, 0.29) is 5.41 Å². The first kappa shape index (κ1) is 33.7. The van der Waals surface area contributed by atoms with Crippen LogP contribution in [0.25, 0.3) is 67.3 Å². The fourth-order valence-corrected chi connectivity index (χ4v) is 10.3. The zero-order valence-electron chi connectivity index (χ0n) is 32.8. The van der Waals surface area contributed by atoms with Gasteiger partial charge in [-0.15, -0.1) is 0 Å². The molecule has 3 nitrogen and oxygen atoms in total. The molecule has 1 aromatic heterocycles. The van der Waals surface area contributed by atoms with Crippen LogP contribution in [0, 0.1) is 0 Å². The lowest BCUT2D eigenvalue weighted by Crippen LogP contribution is -2.32. The highest BCUT2D eigenvalue weighted by Crippen LogP contribution is 2.63. The largest absolute Gasteiger partial charge is 0.456 e. The lowest BCUT2D eigenvalue weighted by molar-refractivity contribution is 0.438. The molecule has 9 aromatic rings. The molecule has 0 unspecified atom stereocenters. The Morgan fingerprint density at radius 3 is 1.61 bits per heavy atom. The zero-order chi connectivity index (χ0) is 39.3. The Balaban J connectivity index is 1.07. The lowest BCUT2D eigenvalue weighted by Gasteiger charge is -2.40. The summed E-state index contributed by atoms with van der Waals surface area (Å²) >= 11 is 0. The minimum atomic E-state index is -0.550. The van der Waals surface area contributed by atoms with Gasteiger partial charge in [0.2, 0.25) is 0 Å². The third-order valence-electron chi connectivity index (χ3n) is 13.0. The Kier molecular flexibility index (Phi) is 7.19. The molecular formula is C56H38N2O. The van der Waals surface area contributed by atoms with Crippen LogP contribution in [0.15, 0.2) is 194 Å². The van der Waals surface area contributed by atoms with E-state index in [1.807, 2.05) is 6.07 Å². The lowest BCUT2D eigenvalue weighted by atomic mass is 9.65. The van der Waals surface area contributed by atoms with Crippen molar-refractivity contribution in [1.82, 2.24) is 9.97 Å². The van der Waals surface area contributed by atoms with Crippen molar-refractivity contribution in [3.05, 3.63) is 228 Å². The molecule has 3 heteroatoms. The number of hydrogen-bond donors (Lipinski definition) is 0. The van der Waals surface area contributed by atoms with Gasteiger partial charge in [0, 0.05) is 38.8 Å². The Morgan fingerprint density at radius 1 is 0.356 bits per heavy atom. The summed E-state index contributed by atoms with van der Waals surface area (Å²) in [4.78, 5) is 10.6. The Labute approximate surface area is 344 Å². The molecule has 278 valence electrons. The van der Waals surface area contributed by atoms with Crippen molar-refractivity contribution in [3.8, 4) is 78.8 Å². The van der Waals surface area contributed by atoms with Crippen LogP contribution >= 0.6 is 0 Å².